The number of nitrogens with one attached hydrogen (secondary N) is 2. The van der Waals surface area contributed by atoms with Crippen LogP contribution in [-0.4, -0.2) is 82.9 Å². The highest BCUT2D eigenvalue weighted by Crippen LogP contribution is 2.33. The molecule has 1 fully saturated rings. The zero-order valence-corrected chi connectivity index (χ0v) is 25.0. The Labute approximate surface area is 249 Å². The van der Waals surface area contributed by atoms with Gasteiger partial charge in [-0.2, -0.15) is 0 Å². The maximum Gasteiger partial charge on any atom is 0.240 e. The van der Waals surface area contributed by atoms with E-state index >= 15 is 0 Å². The number of aromatic nitrogens is 6. The lowest BCUT2D eigenvalue weighted by Gasteiger charge is -2.29. The molecule has 0 saturated carbocycles. The highest BCUT2D eigenvalue weighted by molar-refractivity contribution is 7.89. The number of benzene rings is 2. The van der Waals surface area contributed by atoms with Gasteiger partial charge in [-0.25, -0.2) is 27.8 Å². The summed E-state index contributed by atoms with van der Waals surface area (Å²) in [5.74, 6) is 1.24. The zero-order valence-electron chi connectivity index (χ0n) is 23.4. The molecule has 3 heterocycles. The lowest BCUT2D eigenvalue weighted by atomic mass is 10.1. The number of sulfonamides is 1. The average molecular weight is 614 g/mol. The van der Waals surface area contributed by atoms with Gasteiger partial charge in [0, 0.05) is 24.0 Å². The van der Waals surface area contributed by atoms with Gasteiger partial charge in [-0.05, 0) is 86.2 Å². The molecular weight excluding hydrogens is 582 g/mol. The minimum atomic E-state index is -3.73. The fourth-order valence-electron chi connectivity index (χ4n) is 4.58. The number of nitrogens with zero attached hydrogens (tertiary/aromatic N) is 7. The third kappa shape index (κ3) is 7.31. The Morgan fingerprint density at radius 1 is 1.07 bits per heavy atom. The lowest BCUT2D eigenvalue weighted by molar-refractivity contribution is 0.193. The van der Waals surface area contributed by atoms with Crippen molar-refractivity contribution >= 4 is 33.3 Å². The number of methoxy groups -OCH3 is 1. The molecule has 1 unspecified atom stereocenters. The summed E-state index contributed by atoms with van der Waals surface area (Å²) in [6.45, 7) is 4.05. The fraction of sp³-hybridized carbons (Fsp3) is 0.370. The Balaban J connectivity index is 1.29. The van der Waals surface area contributed by atoms with Gasteiger partial charge in [0.1, 0.15) is 23.9 Å². The normalized spacial score (nSPS) is 15.3. The number of rotatable bonds is 11. The third-order valence-electron chi connectivity index (χ3n) is 6.85. The van der Waals surface area contributed by atoms with Gasteiger partial charge in [0.15, 0.2) is 0 Å². The molecule has 0 spiro atoms. The number of likely N-dealkylation sites (tertiary alicyclic amines) is 1. The van der Waals surface area contributed by atoms with E-state index in [9.17, 15) is 8.42 Å². The van der Waals surface area contributed by atoms with Gasteiger partial charge in [-0.3, -0.25) is 0 Å². The van der Waals surface area contributed by atoms with E-state index in [1.165, 1.54) is 25.6 Å². The van der Waals surface area contributed by atoms with Crippen LogP contribution in [0.2, 0.25) is 5.02 Å². The van der Waals surface area contributed by atoms with Gasteiger partial charge in [-0.1, -0.05) is 17.7 Å². The topological polar surface area (TPSA) is 149 Å². The van der Waals surface area contributed by atoms with Crippen molar-refractivity contribution in [3.63, 3.8) is 0 Å². The molecule has 0 aliphatic carbocycles. The van der Waals surface area contributed by atoms with E-state index in [-0.39, 0.29) is 23.0 Å². The summed E-state index contributed by atoms with van der Waals surface area (Å²) in [6.07, 6.45) is 6.11. The second kappa shape index (κ2) is 13.0. The first kappa shape index (κ1) is 29.6. The number of tetrazole rings is 1. The Bertz CT molecular complexity index is 1600. The van der Waals surface area contributed by atoms with Gasteiger partial charge >= 0.3 is 0 Å². The minimum absolute atomic E-state index is 0.103. The van der Waals surface area contributed by atoms with Crippen LogP contribution in [0.1, 0.15) is 19.8 Å². The molecule has 2 aromatic heterocycles. The lowest BCUT2D eigenvalue weighted by Crippen LogP contribution is -2.43. The van der Waals surface area contributed by atoms with Crippen molar-refractivity contribution in [1.29, 1.82) is 0 Å². The highest BCUT2D eigenvalue weighted by Gasteiger charge is 2.24. The molecule has 0 bridgehead atoms. The van der Waals surface area contributed by atoms with Crippen molar-refractivity contribution < 1.29 is 17.9 Å². The van der Waals surface area contributed by atoms with Crippen molar-refractivity contribution in [3.8, 4) is 22.6 Å². The van der Waals surface area contributed by atoms with Crippen molar-refractivity contribution in [2.24, 2.45) is 0 Å². The van der Waals surface area contributed by atoms with Gasteiger partial charge in [0.2, 0.25) is 16.0 Å². The maximum absolute atomic E-state index is 13.1. The standard InChI is InChI=1S/C27H32ClN9O4S/c1-18(16-37-17-31-34-35-37)41-26-12-19(4-6-23(26)28)20-14-29-27(30-15-20)32-24-13-22(5-7-25(24)40-3)42(38,39)33-21-8-10-36(2)11-9-21/h4-7,12-15,17-18,21,33H,8-11,16H2,1-3H3,(H,29,30,32). The first-order valence-corrected chi connectivity index (χ1v) is 15.2. The molecule has 2 aromatic carbocycles. The monoisotopic (exact) mass is 613 g/mol. The molecule has 222 valence electrons. The van der Waals surface area contributed by atoms with Gasteiger partial charge in [0.05, 0.1) is 29.3 Å². The van der Waals surface area contributed by atoms with E-state index < -0.39 is 10.0 Å². The number of halogens is 1. The van der Waals surface area contributed by atoms with Gasteiger partial charge in [-0.15, -0.1) is 5.10 Å². The van der Waals surface area contributed by atoms with E-state index in [0.717, 1.165) is 37.1 Å². The van der Waals surface area contributed by atoms with Crippen molar-refractivity contribution in [3.05, 3.63) is 60.1 Å². The zero-order chi connectivity index (χ0) is 29.7. The minimum Gasteiger partial charge on any atom is -0.495 e. The van der Waals surface area contributed by atoms with Crippen LogP contribution >= 0.6 is 11.6 Å². The predicted octanol–water partition coefficient (Wildman–Crippen LogP) is 3.38. The molecule has 1 atom stereocenters. The molecule has 1 aliphatic rings. The summed E-state index contributed by atoms with van der Waals surface area (Å²) in [5.41, 5.74) is 1.97. The molecule has 4 aromatic rings. The van der Waals surface area contributed by atoms with Crippen molar-refractivity contribution in [1.82, 2.24) is 39.8 Å². The smallest absolute Gasteiger partial charge is 0.240 e. The van der Waals surface area contributed by atoms with Crippen molar-refractivity contribution in [2.75, 3.05) is 32.6 Å². The fourth-order valence-corrected chi connectivity index (χ4v) is 6.08. The van der Waals surface area contributed by atoms with Crippen LogP contribution in [0.5, 0.6) is 11.5 Å². The predicted molar refractivity (Wildman–Crippen MR) is 158 cm³/mol. The number of anilines is 2. The Morgan fingerprint density at radius 3 is 2.52 bits per heavy atom. The Morgan fingerprint density at radius 2 is 1.83 bits per heavy atom. The number of ether oxygens (including phenoxy) is 2. The summed E-state index contributed by atoms with van der Waals surface area (Å²) in [5, 5.41) is 14.7. The van der Waals surface area contributed by atoms with Crippen LogP contribution in [-0.2, 0) is 16.6 Å². The maximum atomic E-state index is 13.1. The quantitative estimate of drug-likeness (QED) is 0.256. The molecule has 0 amide bonds. The van der Waals surface area contributed by atoms with E-state index in [0.29, 0.717) is 28.8 Å². The first-order valence-electron chi connectivity index (χ1n) is 13.4. The summed E-state index contributed by atoms with van der Waals surface area (Å²) in [4.78, 5) is 11.2. The van der Waals surface area contributed by atoms with Crippen LogP contribution in [0.4, 0.5) is 11.6 Å². The summed E-state index contributed by atoms with van der Waals surface area (Å²) in [6, 6.07) is 9.96. The molecule has 2 N–H and O–H groups in total. The molecule has 5 rings (SSSR count). The van der Waals surface area contributed by atoms with E-state index in [1.54, 1.807) is 29.2 Å². The second-order valence-electron chi connectivity index (χ2n) is 10.1. The van der Waals surface area contributed by atoms with Crippen LogP contribution in [0.3, 0.4) is 0 Å². The van der Waals surface area contributed by atoms with Crippen LogP contribution in [0.15, 0.2) is 60.0 Å². The summed E-state index contributed by atoms with van der Waals surface area (Å²) >= 11 is 6.38. The van der Waals surface area contributed by atoms with Crippen LogP contribution in [0, 0.1) is 0 Å². The molecule has 13 nitrogen and oxygen atoms in total. The molecule has 1 aliphatic heterocycles. The van der Waals surface area contributed by atoms with E-state index in [4.69, 9.17) is 21.1 Å². The molecule has 42 heavy (non-hydrogen) atoms. The van der Waals surface area contributed by atoms with Crippen LogP contribution in [0.25, 0.3) is 11.1 Å². The average Bonchev–Trinajstić information content (AvgIpc) is 3.49. The SMILES string of the molecule is COc1ccc(S(=O)(=O)NC2CCN(C)CC2)cc1Nc1ncc(-c2ccc(Cl)c(OC(C)Cn3cnnn3)c2)cn1. The summed E-state index contributed by atoms with van der Waals surface area (Å²) < 4.78 is 42.2. The molecule has 1 saturated heterocycles. The van der Waals surface area contributed by atoms with Crippen molar-refractivity contribution in [2.45, 2.75) is 43.4 Å². The van der Waals surface area contributed by atoms with E-state index in [1.807, 2.05) is 26.1 Å². The number of hydrogen-bond donors (Lipinski definition) is 2. The highest BCUT2D eigenvalue weighted by atomic mass is 35.5. The van der Waals surface area contributed by atoms with E-state index in [2.05, 4.69) is 40.4 Å². The Hall–Kier alpha value is -3.85. The molecule has 0 radical (unpaired) electrons. The van der Waals surface area contributed by atoms with Crippen LogP contribution < -0.4 is 19.5 Å². The Kier molecular flexibility index (Phi) is 9.16. The second-order valence-corrected chi connectivity index (χ2v) is 12.2. The third-order valence-corrected chi connectivity index (χ3v) is 8.68. The van der Waals surface area contributed by atoms with Gasteiger partial charge in [0.25, 0.3) is 0 Å². The summed E-state index contributed by atoms with van der Waals surface area (Å²) in [7, 11) is -0.184. The van der Waals surface area contributed by atoms with Gasteiger partial charge < -0.3 is 19.7 Å². The number of piperidine rings is 1. The number of hydrogen-bond acceptors (Lipinski definition) is 11. The largest absolute Gasteiger partial charge is 0.495 e. The molecule has 15 heteroatoms. The first-order chi connectivity index (χ1) is 20.2. The molecular formula is C27H32ClN9O4S.